The van der Waals surface area contributed by atoms with Crippen LogP contribution in [-0.2, 0) is 0 Å². The molecule has 0 aromatic heterocycles. The van der Waals surface area contributed by atoms with E-state index in [2.05, 4.69) is 19.0 Å². The second kappa shape index (κ2) is 3.55. The van der Waals surface area contributed by atoms with Crippen molar-refractivity contribution in [1.82, 2.24) is 4.90 Å². The SMILES string of the molecule is CN(C)C1(CO)CCCCC1. The van der Waals surface area contributed by atoms with Crippen molar-refractivity contribution in [2.45, 2.75) is 37.6 Å². The molecule has 0 radical (unpaired) electrons. The molecule has 0 aliphatic heterocycles. The predicted octanol–water partition coefficient (Wildman–Crippen LogP) is 1.24. The topological polar surface area (TPSA) is 23.5 Å². The van der Waals surface area contributed by atoms with Gasteiger partial charge in [0, 0.05) is 5.54 Å². The summed E-state index contributed by atoms with van der Waals surface area (Å²) in [4.78, 5) is 2.19. The molecule has 1 aliphatic carbocycles. The van der Waals surface area contributed by atoms with E-state index in [1.807, 2.05) is 0 Å². The summed E-state index contributed by atoms with van der Waals surface area (Å²) in [6.07, 6.45) is 6.22. The van der Waals surface area contributed by atoms with Gasteiger partial charge in [0.15, 0.2) is 0 Å². The molecule has 0 atom stereocenters. The fraction of sp³-hybridized carbons (Fsp3) is 1.00. The number of nitrogens with zero attached hydrogens (tertiary/aromatic N) is 1. The van der Waals surface area contributed by atoms with Crippen LogP contribution in [0, 0.1) is 0 Å². The van der Waals surface area contributed by atoms with E-state index >= 15 is 0 Å². The monoisotopic (exact) mass is 157 g/mol. The Morgan fingerprint density at radius 1 is 1.18 bits per heavy atom. The van der Waals surface area contributed by atoms with E-state index in [1.54, 1.807) is 0 Å². The lowest BCUT2D eigenvalue weighted by Gasteiger charge is -2.41. The van der Waals surface area contributed by atoms with Gasteiger partial charge >= 0.3 is 0 Å². The summed E-state index contributed by atoms with van der Waals surface area (Å²) in [7, 11) is 4.14. The van der Waals surface area contributed by atoms with Crippen molar-refractivity contribution < 1.29 is 5.11 Å². The number of hydrogen-bond acceptors (Lipinski definition) is 2. The molecule has 2 heteroatoms. The minimum Gasteiger partial charge on any atom is -0.394 e. The standard InChI is InChI=1S/C9H19NO/c1-10(2)9(8-11)6-4-3-5-7-9/h11H,3-8H2,1-2H3. The van der Waals surface area contributed by atoms with Crippen molar-refractivity contribution in [3.63, 3.8) is 0 Å². The minimum atomic E-state index is 0.109. The molecule has 0 bridgehead atoms. The van der Waals surface area contributed by atoms with E-state index in [9.17, 15) is 5.11 Å². The summed E-state index contributed by atoms with van der Waals surface area (Å²) < 4.78 is 0. The third-order valence-electron chi connectivity index (χ3n) is 3.03. The molecular formula is C9H19NO. The van der Waals surface area contributed by atoms with E-state index < -0.39 is 0 Å². The predicted molar refractivity (Wildman–Crippen MR) is 46.6 cm³/mol. The minimum absolute atomic E-state index is 0.109. The average Bonchev–Trinajstić information content (AvgIpc) is 2.05. The molecule has 0 spiro atoms. The highest BCUT2D eigenvalue weighted by molar-refractivity contribution is 4.89. The first-order valence-electron chi connectivity index (χ1n) is 4.49. The van der Waals surface area contributed by atoms with E-state index in [-0.39, 0.29) is 5.54 Å². The zero-order valence-electron chi connectivity index (χ0n) is 7.64. The Bertz CT molecular complexity index is 117. The molecule has 0 saturated heterocycles. The van der Waals surface area contributed by atoms with Crippen LogP contribution in [0.25, 0.3) is 0 Å². The maximum atomic E-state index is 9.27. The van der Waals surface area contributed by atoms with Crippen LogP contribution in [0.2, 0.25) is 0 Å². The number of aliphatic hydroxyl groups excluding tert-OH is 1. The Morgan fingerprint density at radius 2 is 1.73 bits per heavy atom. The summed E-state index contributed by atoms with van der Waals surface area (Å²) >= 11 is 0. The number of hydrogen-bond donors (Lipinski definition) is 1. The van der Waals surface area contributed by atoms with Crippen LogP contribution >= 0.6 is 0 Å². The van der Waals surface area contributed by atoms with Crippen molar-refractivity contribution in [2.75, 3.05) is 20.7 Å². The lowest BCUT2D eigenvalue weighted by molar-refractivity contribution is 0.0356. The highest BCUT2D eigenvalue weighted by Crippen LogP contribution is 2.31. The van der Waals surface area contributed by atoms with Crippen LogP contribution in [0.5, 0.6) is 0 Å². The van der Waals surface area contributed by atoms with E-state index in [0.717, 1.165) is 12.8 Å². The van der Waals surface area contributed by atoms with Gasteiger partial charge in [0.25, 0.3) is 0 Å². The van der Waals surface area contributed by atoms with Gasteiger partial charge in [-0.3, -0.25) is 0 Å². The summed E-state index contributed by atoms with van der Waals surface area (Å²) in [6.45, 7) is 0.319. The Morgan fingerprint density at radius 3 is 2.00 bits per heavy atom. The maximum absolute atomic E-state index is 9.27. The molecule has 66 valence electrons. The summed E-state index contributed by atoms with van der Waals surface area (Å²) in [5, 5.41) is 9.27. The van der Waals surface area contributed by atoms with Crippen LogP contribution in [-0.4, -0.2) is 36.2 Å². The molecule has 11 heavy (non-hydrogen) atoms. The fourth-order valence-electron chi connectivity index (χ4n) is 1.96. The molecular weight excluding hydrogens is 138 g/mol. The van der Waals surface area contributed by atoms with Crippen molar-refractivity contribution >= 4 is 0 Å². The average molecular weight is 157 g/mol. The second-order valence-electron chi connectivity index (χ2n) is 3.84. The highest BCUT2D eigenvalue weighted by Gasteiger charge is 2.32. The van der Waals surface area contributed by atoms with Gasteiger partial charge in [0.1, 0.15) is 0 Å². The van der Waals surface area contributed by atoms with E-state index in [4.69, 9.17) is 0 Å². The van der Waals surface area contributed by atoms with Crippen LogP contribution in [0.15, 0.2) is 0 Å². The van der Waals surface area contributed by atoms with Crippen LogP contribution in [0.4, 0.5) is 0 Å². The second-order valence-corrected chi connectivity index (χ2v) is 3.84. The molecule has 0 amide bonds. The van der Waals surface area contributed by atoms with Crippen molar-refractivity contribution in [1.29, 1.82) is 0 Å². The molecule has 2 nitrogen and oxygen atoms in total. The normalized spacial score (nSPS) is 24.0. The molecule has 1 aliphatic rings. The Labute approximate surface area is 69.2 Å². The van der Waals surface area contributed by atoms with Crippen molar-refractivity contribution in [3.8, 4) is 0 Å². The third-order valence-corrected chi connectivity index (χ3v) is 3.03. The first kappa shape index (κ1) is 9.01. The van der Waals surface area contributed by atoms with Gasteiger partial charge in [-0.25, -0.2) is 0 Å². The van der Waals surface area contributed by atoms with Gasteiger partial charge in [-0.05, 0) is 26.9 Å². The highest BCUT2D eigenvalue weighted by atomic mass is 16.3. The lowest BCUT2D eigenvalue weighted by atomic mass is 9.81. The summed E-state index contributed by atoms with van der Waals surface area (Å²) in [5.41, 5.74) is 0.109. The Kier molecular flexibility index (Phi) is 2.90. The first-order valence-corrected chi connectivity index (χ1v) is 4.49. The van der Waals surface area contributed by atoms with Gasteiger partial charge in [-0.1, -0.05) is 19.3 Å². The summed E-state index contributed by atoms with van der Waals surface area (Å²) in [6, 6.07) is 0. The van der Waals surface area contributed by atoms with Gasteiger partial charge in [-0.2, -0.15) is 0 Å². The Hall–Kier alpha value is -0.0800. The molecule has 1 rings (SSSR count). The molecule has 1 fully saturated rings. The zero-order valence-corrected chi connectivity index (χ0v) is 7.64. The first-order chi connectivity index (χ1) is 5.21. The van der Waals surface area contributed by atoms with E-state index in [1.165, 1.54) is 19.3 Å². The zero-order chi connectivity index (χ0) is 8.32. The fourth-order valence-corrected chi connectivity index (χ4v) is 1.96. The van der Waals surface area contributed by atoms with Crippen LogP contribution in [0.1, 0.15) is 32.1 Å². The smallest absolute Gasteiger partial charge is 0.0615 e. The molecule has 0 aromatic carbocycles. The van der Waals surface area contributed by atoms with Gasteiger partial charge in [0.2, 0.25) is 0 Å². The number of aliphatic hydroxyl groups is 1. The maximum Gasteiger partial charge on any atom is 0.0615 e. The summed E-state index contributed by atoms with van der Waals surface area (Å²) in [5.74, 6) is 0. The number of rotatable bonds is 2. The molecule has 1 saturated carbocycles. The van der Waals surface area contributed by atoms with Crippen molar-refractivity contribution in [3.05, 3.63) is 0 Å². The van der Waals surface area contributed by atoms with Crippen molar-refractivity contribution in [2.24, 2.45) is 0 Å². The van der Waals surface area contributed by atoms with Crippen LogP contribution < -0.4 is 0 Å². The molecule has 1 N–H and O–H groups in total. The number of likely N-dealkylation sites (N-methyl/N-ethyl adjacent to an activating group) is 1. The van der Waals surface area contributed by atoms with Crippen LogP contribution in [0.3, 0.4) is 0 Å². The molecule has 0 heterocycles. The van der Waals surface area contributed by atoms with E-state index in [0.29, 0.717) is 6.61 Å². The van der Waals surface area contributed by atoms with Gasteiger partial charge in [-0.15, -0.1) is 0 Å². The van der Waals surface area contributed by atoms with Gasteiger partial charge < -0.3 is 10.0 Å². The molecule has 0 aromatic rings. The Balaban J connectivity index is 2.57. The van der Waals surface area contributed by atoms with Gasteiger partial charge in [0.05, 0.1) is 6.61 Å². The third kappa shape index (κ3) is 1.74. The lowest BCUT2D eigenvalue weighted by Crippen LogP contribution is -2.48. The molecule has 0 unspecified atom stereocenters. The largest absolute Gasteiger partial charge is 0.394 e. The quantitative estimate of drug-likeness (QED) is 0.652.